The molecule has 0 fully saturated rings. The fourth-order valence-corrected chi connectivity index (χ4v) is 2.73. The highest BCUT2D eigenvalue weighted by molar-refractivity contribution is 6.07. The molecule has 8 nitrogen and oxygen atoms in total. The van der Waals surface area contributed by atoms with Crippen LogP contribution in [0.1, 0.15) is 29.1 Å². The second-order valence-electron chi connectivity index (χ2n) is 5.77. The van der Waals surface area contributed by atoms with Crippen LogP contribution in [-0.4, -0.2) is 36.5 Å². The minimum Gasteiger partial charge on any atom is -0.342 e. The molecule has 1 atom stereocenters. The number of aromatic amines is 1. The van der Waals surface area contributed by atoms with Crippen molar-refractivity contribution < 1.29 is 4.79 Å². The molecular formula is C18H15N7O. The summed E-state index contributed by atoms with van der Waals surface area (Å²) in [5.74, 6) is 0.197. The van der Waals surface area contributed by atoms with Gasteiger partial charge in [-0.1, -0.05) is 23.4 Å². The average molecular weight is 345 g/mol. The van der Waals surface area contributed by atoms with Gasteiger partial charge in [0.1, 0.15) is 0 Å². The van der Waals surface area contributed by atoms with E-state index in [4.69, 9.17) is 0 Å². The molecule has 2 N–H and O–H groups in total. The molecule has 0 radical (unpaired) electrons. The number of carbonyl (C=O) groups is 1. The lowest BCUT2D eigenvalue weighted by molar-refractivity contribution is 0.0940. The molecule has 0 aliphatic rings. The van der Waals surface area contributed by atoms with E-state index >= 15 is 0 Å². The highest BCUT2D eigenvalue weighted by atomic mass is 16.1. The molecule has 8 heteroatoms. The van der Waals surface area contributed by atoms with Gasteiger partial charge in [0.05, 0.1) is 22.8 Å². The van der Waals surface area contributed by atoms with Crippen LogP contribution in [0.15, 0.2) is 54.9 Å². The van der Waals surface area contributed by atoms with Crippen molar-refractivity contribution in [2.75, 3.05) is 0 Å². The SMILES string of the molecule is C[C@H](NC(=O)c1cc(-c2ccncc2)nc2ccccc12)c1nn[nH]n1. The van der Waals surface area contributed by atoms with Crippen molar-refractivity contribution in [3.05, 3.63) is 66.2 Å². The molecule has 0 saturated heterocycles. The standard InChI is InChI=1S/C18H15N7O/c1-11(17-22-24-25-23-17)20-18(26)14-10-16(12-6-8-19-9-7-12)21-15-5-3-2-4-13(14)15/h2-11H,1H3,(H,20,26)(H,22,23,24,25)/t11-/m0/s1. The van der Waals surface area contributed by atoms with Crippen molar-refractivity contribution in [2.45, 2.75) is 13.0 Å². The molecule has 3 heterocycles. The monoisotopic (exact) mass is 345 g/mol. The van der Waals surface area contributed by atoms with Crippen molar-refractivity contribution in [2.24, 2.45) is 0 Å². The summed E-state index contributed by atoms with van der Waals surface area (Å²) < 4.78 is 0. The second kappa shape index (κ2) is 6.67. The second-order valence-corrected chi connectivity index (χ2v) is 5.77. The maximum atomic E-state index is 12.9. The van der Waals surface area contributed by atoms with Gasteiger partial charge < -0.3 is 5.32 Å². The van der Waals surface area contributed by atoms with E-state index in [1.165, 1.54) is 0 Å². The Kier molecular flexibility index (Phi) is 4.06. The zero-order chi connectivity index (χ0) is 17.9. The number of rotatable bonds is 4. The Bertz CT molecular complexity index is 1050. The fraction of sp³-hybridized carbons (Fsp3) is 0.111. The lowest BCUT2D eigenvalue weighted by Gasteiger charge is -2.13. The minimum atomic E-state index is -0.377. The third-order valence-corrected chi connectivity index (χ3v) is 4.03. The summed E-state index contributed by atoms with van der Waals surface area (Å²) in [5.41, 5.74) is 2.89. The van der Waals surface area contributed by atoms with Gasteiger partial charge in [0.25, 0.3) is 5.91 Å². The molecule has 1 aromatic carbocycles. The van der Waals surface area contributed by atoms with E-state index < -0.39 is 0 Å². The molecule has 0 bridgehead atoms. The number of hydrogen-bond acceptors (Lipinski definition) is 6. The lowest BCUT2D eigenvalue weighted by Crippen LogP contribution is -2.27. The first-order chi connectivity index (χ1) is 12.7. The zero-order valence-electron chi connectivity index (χ0n) is 13.9. The molecule has 4 aromatic rings. The zero-order valence-corrected chi connectivity index (χ0v) is 13.9. The Hall–Kier alpha value is -3.68. The van der Waals surface area contributed by atoms with Crippen LogP contribution in [0, 0.1) is 0 Å². The van der Waals surface area contributed by atoms with E-state index in [1.54, 1.807) is 25.4 Å². The highest BCUT2D eigenvalue weighted by Gasteiger charge is 2.18. The van der Waals surface area contributed by atoms with Crippen LogP contribution >= 0.6 is 0 Å². The van der Waals surface area contributed by atoms with Crippen molar-refractivity contribution in [3.8, 4) is 11.3 Å². The number of benzene rings is 1. The van der Waals surface area contributed by atoms with Gasteiger partial charge in [-0.25, -0.2) is 4.98 Å². The largest absolute Gasteiger partial charge is 0.342 e. The first kappa shape index (κ1) is 15.8. The molecule has 1 amide bonds. The maximum Gasteiger partial charge on any atom is 0.252 e. The van der Waals surface area contributed by atoms with Crippen molar-refractivity contribution in [1.29, 1.82) is 0 Å². The average Bonchev–Trinajstić information content (AvgIpc) is 3.23. The van der Waals surface area contributed by atoms with Crippen LogP contribution in [0.4, 0.5) is 0 Å². The molecular weight excluding hydrogens is 330 g/mol. The summed E-state index contributed by atoms with van der Waals surface area (Å²) in [6.07, 6.45) is 3.40. The van der Waals surface area contributed by atoms with Crippen LogP contribution in [0.5, 0.6) is 0 Å². The van der Waals surface area contributed by atoms with Crippen LogP contribution in [0.25, 0.3) is 22.2 Å². The predicted molar refractivity (Wildman–Crippen MR) is 95.0 cm³/mol. The number of pyridine rings is 2. The molecule has 0 spiro atoms. The number of amides is 1. The molecule has 0 saturated carbocycles. The number of tetrazole rings is 1. The number of nitrogens with one attached hydrogen (secondary N) is 2. The van der Waals surface area contributed by atoms with Crippen LogP contribution in [0.3, 0.4) is 0 Å². The maximum absolute atomic E-state index is 12.9. The minimum absolute atomic E-state index is 0.226. The third-order valence-electron chi connectivity index (χ3n) is 4.03. The van der Waals surface area contributed by atoms with Gasteiger partial charge in [0, 0.05) is 23.3 Å². The quantitative estimate of drug-likeness (QED) is 0.587. The third kappa shape index (κ3) is 3.00. The number of H-pyrrole nitrogens is 1. The predicted octanol–water partition coefficient (Wildman–Crippen LogP) is 2.30. The smallest absolute Gasteiger partial charge is 0.252 e. The number of aromatic nitrogens is 6. The van der Waals surface area contributed by atoms with Gasteiger partial charge in [-0.05, 0) is 31.2 Å². The number of nitrogens with zero attached hydrogens (tertiary/aromatic N) is 5. The molecule has 0 aliphatic heterocycles. The molecule has 4 rings (SSSR count). The van der Waals surface area contributed by atoms with E-state index in [9.17, 15) is 4.79 Å². The summed E-state index contributed by atoms with van der Waals surface area (Å²) in [7, 11) is 0. The molecule has 0 unspecified atom stereocenters. The van der Waals surface area contributed by atoms with Crippen LogP contribution < -0.4 is 5.32 Å². The Balaban J connectivity index is 1.76. The molecule has 3 aromatic heterocycles. The Morgan fingerprint density at radius 3 is 2.73 bits per heavy atom. The number of fused-ring (bicyclic) bond motifs is 1. The first-order valence-corrected chi connectivity index (χ1v) is 8.07. The summed E-state index contributed by atoms with van der Waals surface area (Å²) in [5, 5.41) is 17.4. The van der Waals surface area contributed by atoms with Gasteiger partial charge in [-0.3, -0.25) is 9.78 Å². The summed E-state index contributed by atoms with van der Waals surface area (Å²) in [6.45, 7) is 1.80. The number of hydrogen-bond donors (Lipinski definition) is 2. The van der Waals surface area contributed by atoms with Crippen molar-refractivity contribution >= 4 is 16.8 Å². The van der Waals surface area contributed by atoms with E-state index in [1.807, 2.05) is 36.4 Å². The fourth-order valence-electron chi connectivity index (χ4n) is 2.73. The van der Waals surface area contributed by atoms with Gasteiger partial charge in [0.15, 0.2) is 5.82 Å². The van der Waals surface area contributed by atoms with E-state index in [-0.39, 0.29) is 11.9 Å². The Labute approximate surface area is 148 Å². The van der Waals surface area contributed by atoms with Crippen LogP contribution in [0.2, 0.25) is 0 Å². The highest BCUT2D eigenvalue weighted by Crippen LogP contribution is 2.25. The van der Waals surface area contributed by atoms with Gasteiger partial charge >= 0.3 is 0 Å². The number of carbonyl (C=O) groups excluding carboxylic acids is 1. The Morgan fingerprint density at radius 2 is 1.96 bits per heavy atom. The number of para-hydroxylation sites is 1. The van der Waals surface area contributed by atoms with E-state index in [0.717, 1.165) is 16.5 Å². The molecule has 0 aliphatic carbocycles. The summed E-state index contributed by atoms with van der Waals surface area (Å²) in [6, 6.07) is 12.7. The lowest BCUT2D eigenvalue weighted by atomic mass is 10.0. The van der Waals surface area contributed by atoms with Gasteiger partial charge in [0.2, 0.25) is 0 Å². The summed E-state index contributed by atoms with van der Waals surface area (Å²) >= 11 is 0. The van der Waals surface area contributed by atoms with Crippen LogP contribution in [-0.2, 0) is 0 Å². The van der Waals surface area contributed by atoms with Crippen molar-refractivity contribution in [3.63, 3.8) is 0 Å². The van der Waals surface area contributed by atoms with Gasteiger partial charge in [-0.15, -0.1) is 10.2 Å². The molecule has 26 heavy (non-hydrogen) atoms. The topological polar surface area (TPSA) is 109 Å². The van der Waals surface area contributed by atoms with E-state index in [0.29, 0.717) is 17.1 Å². The van der Waals surface area contributed by atoms with Crippen molar-refractivity contribution in [1.82, 2.24) is 35.9 Å². The van der Waals surface area contributed by atoms with E-state index in [2.05, 4.69) is 35.9 Å². The molecule has 128 valence electrons. The van der Waals surface area contributed by atoms with Gasteiger partial charge in [-0.2, -0.15) is 5.21 Å². The first-order valence-electron chi connectivity index (χ1n) is 8.07. The Morgan fingerprint density at radius 1 is 1.15 bits per heavy atom. The summed E-state index contributed by atoms with van der Waals surface area (Å²) in [4.78, 5) is 21.6. The normalized spacial score (nSPS) is 12.0.